The van der Waals surface area contributed by atoms with Crippen LogP contribution in [0.5, 0.6) is 5.88 Å². The predicted molar refractivity (Wildman–Crippen MR) is 171 cm³/mol. The number of nitrogens with zero attached hydrogens (tertiary/aromatic N) is 8. The molecule has 3 atom stereocenters. The lowest BCUT2D eigenvalue weighted by molar-refractivity contribution is 0.117. The number of anilines is 1. The second-order valence-electron chi connectivity index (χ2n) is 13.3. The summed E-state index contributed by atoms with van der Waals surface area (Å²) in [5, 5.41) is 20.3. The van der Waals surface area contributed by atoms with Crippen LogP contribution in [-0.2, 0) is 31.2 Å². The van der Waals surface area contributed by atoms with Gasteiger partial charge in [0.05, 0.1) is 16.7 Å². The zero-order valence-corrected chi connectivity index (χ0v) is 27.0. The van der Waals surface area contributed by atoms with E-state index in [-0.39, 0.29) is 6.10 Å². The monoisotopic (exact) mass is 625 g/mol. The van der Waals surface area contributed by atoms with Crippen molar-refractivity contribution >= 4 is 16.3 Å². The first-order valence-electron chi connectivity index (χ1n) is 16.2. The Kier molecular flexibility index (Phi) is 6.96. The Bertz CT molecular complexity index is 1810. The summed E-state index contributed by atoms with van der Waals surface area (Å²) in [6.45, 7) is 5.04. The number of rotatable bonds is 5. The lowest BCUT2D eigenvalue weighted by Gasteiger charge is -2.39. The number of fused-ring (bicyclic) bond motifs is 5. The maximum absolute atomic E-state index is 10.1. The first kappa shape index (κ1) is 28.7. The van der Waals surface area contributed by atoms with Crippen LogP contribution < -0.4 is 10.5 Å². The Labute approximate surface area is 267 Å². The third kappa shape index (κ3) is 4.66. The zero-order valence-electron chi connectivity index (χ0n) is 26.2. The molecule has 2 aliphatic carbocycles. The van der Waals surface area contributed by atoms with Crippen LogP contribution in [0, 0.1) is 11.3 Å². The molecule has 4 aromatic rings. The quantitative estimate of drug-likeness (QED) is 0.334. The van der Waals surface area contributed by atoms with Crippen molar-refractivity contribution in [3.63, 3.8) is 0 Å². The third-order valence-corrected chi connectivity index (χ3v) is 11.5. The van der Waals surface area contributed by atoms with Gasteiger partial charge < -0.3 is 19.9 Å². The number of aryl methyl sites for hydroxylation is 1. The molecule has 6 heterocycles. The average molecular weight is 626 g/mol. The summed E-state index contributed by atoms with van der Waals surface area (Å²) in [7, 11) is 4.29. The lowest BCUT2D eigenvalue weighted by atomic mass is 9.63. The van der Waals surface area contributed by atoms with Crippen LogP contribution in [0.25, 0.3) is 17.3 Å². The Balaban J connectivity index is 1.23. The van der Waals surface area contributed by atoms with E-state index in [0.29, 0.717) is 39.8 Å². The molecule has 1 fully saturated rings. The van der Waals surface area contributed by atoms with Gasteiger partial charge >= 0.3 is 0 Å². The number of likely N-dealkylation sites (tertiary alicyclic amines) is 1. The van der Waals surface area contributed by atoms with Gasteiger partial charge in [0.15, 0.2) is 23.1 Å². The minimum atomic E-state index is -0.406. The summed E-state index contributed by atoms with van der Waals surface area (Å²) < 4.78 is 14.7. The SMILES string of the molecule is C[C@H](Oc1cc(-n2cc3c(n2)CCN(C)C3)nc(-c2noc3c2CCC[C@@]32CCCc3sc(N)c(C#N)c32)n1)[C@@H]1CCCN1C. The van der Waals surface area contributed by atoms with Gasteiger partial charge in [-0.05, 0) is 84.5 Å². The summed E-state index contributed by atoms with van der Waals surface area (Å²) in [4.78, 5) is 15.9. The molecule has 234 valence electrons. The van der Waals surface area contributed by atoms with E-state index in [1.54, 1.807) is 11.3 Å². The molecule has 0 saturated carbocycles. The highest BCUT2D eigenvalue weighted by atomic mass is 32.1. The fourth-order valence-electron chi connectivity index (χ4n) is 8.28. The molecule has 45 heavy (non-hydrogen) atoms. The van der Waals surface area contributed by atoms with E-state index in [4.69, 9.17) is 30.1 Å². The van der Waals surface area contributed by atoms with Crippen molar-refractivity contribution in [3.8, 4) is 29.3 Å². The molecular weight excluding hydrogens is 586 g/mol. The van der Waals surface area contributed by atoms with Crippen molar-refractivity contribution in [1.29, 1.82) is 5.26 Å². The topological polar surface area (TPSA) is 135 Å². The summed E-state index contributed by atoms with van der Waals surface area (Å²) in [6, 6.07) is 4.63. The van der Waals surface area contributed by atoms with Crippen LogP contribution in [0.4, 0.5) is 5.00 Å². The minimum Gasteiger partial charge on any atom is -0.473 e. The van der Waals surface area contributed by atoms with E-state index in [1.807, 2.05) is 10.7 Å². The summed E-state index contributed by atoms with van der Waals surface area (Å²) in [5.74, 6) is 2.48. The van der Waals surface area contributed by atoms with Crippen molar-refractivity contribution in [1.82, 2.24) is 34.7 Å². The highest BCUT2D eigenvalue weighted by Gasteiger charge is 2.49. The molecule has 4 aliphatic rings. The lowest BCUT2D eigenvalue weighted by Crippen LogP contribution is -2.38. The zero-order chi connectivity index (χ0) is 30.9. The van der Waals surface area contributed by atoms with Gasteiger partial charge in [0.2, 0.25) is 5.88 Å². The maximum Gasteiger partial charge on any atom is 0.219 e. The Hall–Kier alpha value is -3.79. The largest absolute Gasteiger partial charge is 0.473 e. The molecule has 1 spiro atoms. The van der Waals surface area contributed by atoms with Gasteiger partial charge in [0.25, 0.3) is 0 Å². The molecule has 11 nitrogen and oxygen atoms in total. The normalized spacial score (nSPS) is 23.8. The van der Waals surface area contributed by atoms with Gasteiger partial charge in [-0.1, -0.05) is 5.16 Å². The van der Waals surface area contributed by atoms with Crippen LogP contribution in [0.1, 0.15) is 84.0 Å². The van der Waals surface area contributed by atoms with Crippen molar-refractivity contribution < 1.29 is 9.26 Å². The molecule has 0 unspecified atom stereocenters. The van der Waals surface area contributed by atoms with Crippen LogP contribution in [0.3, 0.4) is 0 Å². The smallest absolute Gasteiger partial charge is 0.219 e. The first-order chi connectivity index (χ1) is 21.8. The number of likely N-dealkylation sites (N-methyl/N-ethyl adjacent to an activating group) is 2. The first-order valence-corrected chi connectivity index (χ1v) is 17.0. The number of nitriles is 1. The van der Waals surface area contributed by atoms with E-state index >= 15 is 0 Å². The summed E-state index contributed by atoms with van der Waals surface area (Å²) >= 11 is 1.55. The van der Waals surface area contributed by atoms with E-state index in [9.17, 15) is 5.26 Å². The van der Waals surface area contributed by atoms with Gasteiger partial charge in [-0.2, -0.15) is 15.3 Å². The molecule has 2 N–H and O–H groups in total. The minimum absolute atomic E-state index is 0.0452. The molecule has 1 saturated heterocycles. The van der Waals surface area contributed by atoms with E-state index < -0.39 is 5.41 Å². The fourth-order valence-corrected chi connectivity index (χ4v) is 9.44. The number of nitrogens with two attached hydrogens (primary N) is 1. The third-order valence-electron chi connectivity index (χ3n) is 10.5. The Morgan fingerprint density at radius 1 is 1.16 bits per heavy atom. The Morgan fingerprint density at radius 2 is 2.00 bits per heavy atom. The van der Waals surface area contributed by atoms with Gasteiger partial charge in [0, 0.05) is 53.8 Å². The van der Waals surface area contributed by atoms with Crippen LogP contribution in [0.2, 0.25) is 0 Å². The number of hydrogen-bond donors (Lipinski definition) is 1. The highest BCUT2D eigenvalue weighted by molar-refractivity contribution is 7.16. The second kappa shape index (κ2) is 10.9. The molecule has 8 rings (SSSR count). The molecule has 0 radical (unpaired) electrons. The second-order valence-corrected chi connectivity index (χ2v) is 14.5. The van der Waals surface area contributed by atoms with E-state index in [0.717, 1.165) is 93.6 Å². The highest BCUT2D eigenvalue weighted by Crippen LogP contribution is 2.55. The number of ether oxygens (including phenoxy) is 1. The van der Waals surface area contributed by atoms with E-state index in [1.165, 1.54) is 16.9 Å². The van der Waals surface area contributed by atoms with Crippen LogP contribution in [-0.4, -0.2) is 74.0 Å². The van der Waals surface area contributed by atoms with Gasteiger partial charge in [-0.25, -0.2) is 9.67 Å². The number of thiophene rings is 1. The average Bonchev–Trinajstić information content (AvgIpc) is 3.82. The molecule has 0 bridgehead atoms. The summed E-state index contributed by atoms with van der Waals surface area (Å²) in [5.41, 5.74) is 11.6. The van der Waals surface area contributed by atoms with Crippen molar-refractivity contribution in [2.45, 2.75) is 88.8 Å². The van der Waals surface area contributed by atoms with Crippen LogP contribution in [0.15, 0.2) is 16.8 Å². The fraction of sp³-hybridized carbons (Fsp3) is 0.545. The maximum atomic E-state index is 10.1. The molecular formula is C33H39N9O2S. The molecule has 0 amide bonds. The number of aromatic nitrogens is 5. The Morgan fingerprint density at radius 3 is 2.80 bits per heavy atom. The van der Waals surface area contributed by atoms with Crippen molar-refractivity contribution in [2.24, 2.45) is 0 Å². The van der Waals surface area contributed by atoms with Crippen molar-refractivity contribution in [3.05, 3.63) is 50.8 Å². The van der Waals surface area contributed by atoms with Gasteiger partial charge in [-0.3, -0.25) is 4.90 Å². The predicted octanol–water partition coefficient (Wildman–Crippen LogP) is 4.64. The molecule has 12 heteroatoms. The summed E-state index contributed by atoms with van der Waals surface area (Å²) in [6.07, 6.45) is 10.7. The van der Waals surface area contributed by atoms with E-state index in [2.05, 4.69) is 48.2 Å². The molecule has 0 aromatic carbocycles. The molecule has 2 aliphatic heterocycles. The van der Waals surface area contributed by atoms with Crippen molar-refractivity contribution in [2.75, 3.05) is 32.9 Å². The number of hydrogen-bond acceptors (Lipinski definition) is 11. The van der Waals surface area contributed by atoms with Crippen LogP contribution >= 0.6 is 11.3 Å². The van der Waals surface area contributed by atoms with Gasteiger partial charge in [0.1, 0.15) is 17.2 Å². The number of nitrogen functional groups attached to an aromatic ring is 1. The van der Waals surface area contributed by atoms with Gasteiger partial charge in [-0.15, -0.1) is 11.3 Å². The molecule has 4 aromatic heterocycles. The standard InChI is InChI=1S/C33H39N9O2S/c1-19(24-8-6-13-41(24)3)43-27-15-26(42-18-20-17-40(2)14-10-23(20)38-42)36-32(37-27)29-21-7-4-11-33(30(21)44-39-29)12-5-9-25-28(33)22(16-34)31(35)45-25/h15,18-19,24H,4-14,17,35H2,1-3H3/t19-,24-,33-/m0/s1.